The third-order valence-corrected chi connectivity index (χ3v) is 20.6. The molecule has 13 atom stereocenters. The molecule has 1 aliphatic heterocycles. The first-order chi connectivity index (χ1) is 52.6. The highest BCUT2D eigenvalue weighted by Crippen LogP contribution is 2.28. The van der Waals surface area contributed by atoms with Gasteiger partial charge in [0.25, 0.3) is 0 Å². The van der Waals surface area contributed by atoms with E-state index in [-0.39, 0.29) is 144 Å². The molecule has 620 valence electrons. The highest BCUT2D eigenvalue weighted by molar-refractivity contribution is 8.76. The van der Waals surface area contributed by atoms with E-state index in [4.69, 9.17) is 57.3 Å². The molecule has 1 aromatic carbocycles. The Morgan fingerprint density at radius 3 is 1.41 bits per heavy atom. The number of benzene rings is 1. The third-order valence-electron chi connectivity index (χ3n) is 18.2. The Bertz CT molecular complexity index is 3390. The summed E-state index contributed by atoms with van der Waals surface area (Å²) in [5, 5.41) is 41.1. The number of nitrogens with zero attached hydrogens (tertiary/aromatic N) is 4. The minimum atomic E-state index is -1.96. The summed E-state index contributed by atoms with van der Waals surface area (Å²) in [5.41, 5.74) is 57.2. The molecule has 43 heteroatoms. The number of guanidine groups is 4. The molecule has 3 rings (SSSR count). The van der Waals surface area contributed by atoms with Crippen molar-refractivity contribution in [2.75, 3.05) is 50.8 Å². The maximum atomic E-state index is 14.9. The fourth-order valence-electron chi connectivity index (χ4n) is 11.6. The van der Waals surface area contributed by atoms with Crippen LogP contribution in [0.25, 0.3) is 0 Å². The van der Waals surface area contributed by atoms with Gasteiger partial charge in [0.05, 0.1) is 25.6 Å². The summed E-state index contributed by atoms with van der Waals surface area (Å²) in [5.74, 6) is -17.1. The quantitative estimate of drug-likeness (QED) is 0.0153. The van der Waals surface area contributed by atoms with Gasteiger partial charge in [-0.2, -0.15) is 0 Å². The highest BCUT2D eigenvalue weighted by atomic mass is 33.1. The molecule has 4 unspecified atom stereocenters. The minimum absolute atomic E-state index is 0.00938. The molecule has 0 spiro atoms. The molecule has 111 heavy (non-hydrogen) atoms. The molecule has 0 radical (unpaired) electrons. The standard InChI is InChI=1S/C68H116N26O15S2/c1-5-36(3)52-63(108)89-45(30-39-19-11-8-12-20-39)60(105)86-42(23-15-27-81-67(75)76)57(102)91-47(54(70)99)34-110-111-35-48(92-55(100)40(69)21-13-25-79-65(71)72)62(107)88-44(29-38-17-9-7-10-18-38)56(101)84-32-49(95)83-33-50(96)85-41(22-14-26-80-66(73)74)58(103)93-53(37(4)6-2)64(109)90-46(31-51(97)98)61(106)87-43(59(104)94-52)24-16-28-82-68(77)78/h8,11-12,19-20,36-38,40-48,52-53H,5-7,9-10,13-18,21-35,69H2,1-4H3,(H2,70,99)(H,83,95)(H,84,101)(H,85,96)(H,86,105)(H,87,106)(H,88,107)(H,89,108)(H,90,109)(H,91,102)(H,92,100)(H,93,103)(H,94,104)(H,97,98)(H4,71,72,79)(H4,73,74,80)(H4,75,76,81)(H4,77,78,82)/t36-,37-,40-,41-,42?,43-,44?,45-,46?,47-,48-,52?,53-/m0/s1. The van der Waals surface area contributed by atoms with Crippen LogP contribution >= 0.6 is 21.6 Å². The number of hydrogen-bond acceptors (Lipinski definition) is 21. The molecule has 2 fully saturated rings. The molecule has 0 bridgehead atoms. The fourth-order valence-corrected chi connectivity index (χ4v) is 13.9. The van der Waals surface area contributed by atoms with E-state index in [9.17, 15) is 72.2 Å². The van der Waals surface area contributed by atoms with Gasteiger partial charge >= 0.3 is 5.97 Å². The summed E-state index contributed by atoms with van der Waals surface area (Å²) in [6.07, 6.45) is 3.04. The monoisotopic (exact) mass is 1600 g/mol. The molecule has 41 nitrogen and oxygen atoms in total. The van der Waals surface area contributed by atoms with Crippen LogP contribution in [0.2, 0.25) is 0 Å². The molecule has 1 aromatic rings. The zero-order valence-corrected chi connectivity index (χ0v) is 65.0. The number of aliphatic imine (C=N–C) groups is 4. The second-order valence-corrected chi connectivity index (χ2v) is 29.7. The molecule has 1 heterocycles. The van der Waals surface area contributed by atoms with E-state index in [0.29, 0.717) is 18.4 Å². The van der Waals surface area contributed by atoms with Gasteiger partial charge < -0.3 is 126 Å². The average Bonchev–Trinajstić information content (AvgIpc) is 0.849. The lowest BCUT2D eigenvalue weighted by Crippen LogP contribution is -2.62. The summed E-state index contributed by atoms with van der Waals surface area (Å²) in [6, 6.07) is -8.16. The second kappa shape index (κ2) is 51.1. The average molecular weight is 1600 g/mol. The number of carboxylic acids is 1. The van der Waals surface area contributed by atoms with Crippen molar-refractivity contribution in [1.29, 1.82) is 0 Å². The minimum Gasteiger partial charge on any atom is -0.481 e. The number of nitrogens with one attached hydrogen (secondary N) is 12. The van der Waals surface area contributed by atoms with Crippen LogP contribution in [0.1, 0.15) is 142 Å². The van der Waals surface area contributed by atoms with Crippen molar-refractivity contribution >= 4 is 128 Å². The molecule has 2 aliphatic rings. The lowest BCUT2D eigenvalue weighted by atomic mass is 9.84. The van der Waals surface area contributed by atoms with Gasteiger partial charge in [-0.05, 0) is 81.1 Å². The van der Waals surface area contributed by atoms with Gasteiger partial charge in [-0.15, -0.1) is 0 Å². The predicted octanol–water partition coefficient (Wildman–Crippen LogP) is -6.73. The third kappa shape index (κ3) is 37.7. The van der Waals surface area contributed by atoms with Crippen LogP contribution in [-0.4, -0.2) is 229 Å². The first-order valence-corrected chi connectivity index (χ1v) is 39.4. The van der Waals surface area contributed by atoms with Crippen molar-refractivity contribution in [1.82, 2.24) is 63.8 Å². The number of carbonyl (C=O) groups is 14. The molecular weight excluding hydrogens is 1490 g/mol. The number of carbonyl (C=O) groups excluding carboxylic acids is 13. The van der Waals surface area contributed by atoms with Gasteiger partial charge in [-0.3, -0.25) is 87.1 Å². The number of rotatable bonds is 29. The van der Waals surface area contributed by atoms with Crippen LogP contribution < -0.4 is 121 Å². The molecular formula is C68H116N26O15S2. The zero-order chi connectivity index (χ0) is 82.7. The van der Waals surface area contributed by atoms with Crippen LogP contribution in [0, 0.1) is 17.8 Å². The number of amides is 13. The van der Waals surface area contributed by atoms with Gasteiger partial charge in [0, 0.05) is 44.1 Å². The summed E-state index contributed by atoms with van der Waals surface area (Å²) in [4.78, 5) is 214. The van der Waals surface area contributed by atoms with E-state index in [2.05, 4.69) is 83.8 Å². The second-order valence-electron chi connectivity index (χ2n) is 27.2. The number of carboxylic acid groups (broad SMARTS) is 1. The maximum absolute atomic E-state index is 14.9. The smallest absolute Gasteiger partial charge is 0.305 e. The van der Waals surface area contributed by atoms with Crippen LogP contribution in [0.5, 0.6) is 0 Å². The number of primary amides is 1. The van der Waals surface area contributed by atoms with Crippen LogP contribution in [-0.2, 0) is 73.5 Å². The van der Waals surface area contributed by atoms with Crippen molar-refractivity contribution in [3.05, 3.63) is 35.9 Å². The lowest BCUT2D eigenvalue weighted by Gasteiger charge is -2.30. The van der Waals surface area contributed by atoms with Crippen molar-refractivity contribution in [3.63, 3.8) is 0 Å². The Balaban J connectivity index is 2.28. The van der Waals surface area contributed by atoms with E-state index < -0.39 is 181 Å². The molecule has 33 N–H and O–H groups in total. The normalized spacial score (nSPS) is 23.6. The topological polar surface area (TPSA) is 713 Å². The molecule has 1 saturated carbocycles. The molecule has 13 amide bonds. The van der Waals surface area contributed by atoms with E-state index in [1.54, 1.807) is 58.0 Å². The van der Waals surface area contributed by atoms with Crippen LogP contribution in [0.3, 0.4) is 0 Å². The largest absolute Gasteiger partial charge is 0.481 e. The zero-order valence-electron chi connectivity index (χ0n) is 63.4. The summed E-state index contributed by atoms with van der Waals surface area (Å²) >= 11 is 0. The molecule has 1 aliphatic carbocycles. The van der Waals surface area contributed by atoms with Crippen LogP contribution in [0.15, 0.2) is 50.3 Å². The summed E-state index contributed by atoms with van der Waals surface area (Å²) in [7, 11) is 1.89. The Labute approximate surface area is 652 Å². The van der Waals surface area contributed by atoms with Crippen LogP contribution in [0.4, 0.5) is 0 Å². The maximum Gasteiger partial charge on any atom is 0.305 e. The predicted molar refractivity (Wildman–Crippen MR) is 420 cm³/mol. The fraction of sp³-hybridized carbons (Fsp3) is 0.647. The Kier molecular flexibility index (Phi) is 43.6. The summed E-state index contributed by atoms with van der Waals surface area (Å²) in [6.45, 7) is 4.99. The van der Waals surface area contributed by atoms with Gasteiger partial charge in [-0.25, -0.2) is 0 Å². The number of hydrogen-bond donors (Lipinski definition) is 23. The van der Waals surface area contributed by atoms with Crippen molar-refractivity contribution in [2.45, 2.75) is 210 Å². The number of nitrogens with two attached hydrogens (primary N) is 10. The Morgan fingerprint density at radius 1 is 0.495 bits per heavy atom. The van der Waals surface area contributed by atoms with E-state index in [0.717, 1.165) is 40.9 Å². The Hall–Kier alpha value is -10.5. The molecule has 0 aromatic heterocycles. The van der Waals surface area contributed by atoms with E-state index in [1.807, 2.05) is 0 Å². The van der Waals surface area contributed by atoms with Crippen molar-refractivity contribution < 1.29 is 72.2 Å². The van der Waals surface area contributed by atoms with E-state index >= 15 is 0 Å². The number of aliphatic carboxylic acids is 1. The SMILES string of the molecule is CC[C@H](C)C1NC(=O)[C@H](CCCN=C(N)N)NC(=O)C(CC(=O)O)NC(=O)[C@H]([C@@H](C)CC)NC(=O)[C@H](CCCN=C(N)N)NC(=O)CNC(=O)CNC(=O)C(CC2CCCCC2)NC(=O)[C@@H](NC(=O)[C@@H](N)CCCN=C(N)N)CSSC[C@@H](C(N)=O)NC(=O)C(CCCN=C(N)N)NC(=O)[C@H](Cc2ccccc2)NC1=O. The van der Waals surface area contributed by atoms with E-state index in [1.165, 1.54) is 0 Å². The lowest BCUT2D eigenvalue weighted by molar-refractivity contribution is -0.142. The summed E-state index contributed by atoms with van der Waals surface area (Å²) < 4.78 is 0. The van der Waals surface area contributed by atoms with Crippen molar-refractivity contribution in [3.8, 4) is 0 Å². The first kappa shape index (κ1) is 94.7. The first-order valence-electron chi connectivity index (χ1n) is 37.0. The van der Waals surface area contributed by atoms with Crippen molar-refractivity contribution in [2.24, 2.45) is 95.1 Å². The molecule has 1 saturated heterocycles. The van der Waals surface area contributed by atoms with Gasteiger partial charge in [0.1, 0.15) is 60.4 Å². The van der Waals surface area contributed by atoms with Gasteiger partial charge in [0.2, 0.25) is 76.8 Å². The van der Waals surface area contributed by atoms with Gasteiger partial charge in [0.15, 0.2) is 23.8 Å². The Morgan fingerprint density at radius 2 is 0.928 bits per heavy atom. The highest BCUT2D eigenvalue weighted by Gasteiger charge is 2.39. The van der Waals surface area contributed by atoms with Gasteiger partial charge in [-0.1, -0.05) is 125 Å².